The van der Waals surface area contributed by atoms with Gasteiger partial charge in [-0.2, -0.15) is 5.26 Å². The van der Waals surface area contributed by atoms with E-state index in [1.165, 1.54) is 25.4 Å². The molecule has 1 heterocycles. The van der Waals surface area contributed by atoms with E-state index in [9.17, 15) is 24.0 Å². The van der Waals surface area contributed by atoms with E-state index < -0.39 is 29.8 Å². The van der Waals surface area contributed by atoms with Gasteiger partial charge in [-0.3, -0.25) is 14.0 Å². The van der Waals surface area contributed by atoms with Crippen molar-refractivity contribution < 1.29 is 23.5 Å². The van der Waals surface area contributed by atoms with E-state index in [0.717, 1.165) is 4.57 Å². The summed E-state index contributed by atoms with van der Waals surface area (Å²) in [5.41, 5.74) is 0.758. The first-order valence-corrected chi connectivity index (χ1v) is 12.3. The molecule has 1 aromatic heterocycles. The number of benzene rings is 2. The molecule has 0 radical (unpaired) electrons. The highest BCUT2D eigenvalue weighted by Gasteiger charge is 2.24. The Morgan fingerprint density at radius 2 is 1.79 bits per heavy atom. The van der Waals surface area contributed by atoms with Crippen LogP contribution in [0.25, 0.3) is 11.1 Å². The molecule has 0 aliphatic rings. The average Bonchev–Trinajstić information content (AvgIpc) is 2.86. The van der Waals surface area contributed by atoms with Crippen LogP contribution in [0.15, 0.2) is 59.5 Å². The van der Waals surface area contributed by atoms with Gasteiger partial charge in [0.05, 0.1) is 43.2 Å². The van der Waals surface area contributed by atoms with Gasteiger partial charge in [0.1, 0.15) is 11.4 Å². The quantitative estimate of drug-likeness (QED) is 0.323. The minimum Gasteiger partial charge on any atom is -0.495 e. The second-order valence-corrected chi connectivity index (χ2v) is 10.1. The number of pyridine rings is 1. The van der Waals surface area contributed by atoms with Crippen LogP contribution in [0.4, 0.5) is 4.39 Å². The Hall–Kier alpha value is -3.96. The van der Waals surface area contributed by atoms with Crippen LogP contribution >= 0.6 is 11.6 Å². The van der Waals surface area contributed by atoms with Gasteiger partial charge >= 0.3 is 5.97 Å². The molecule has 1 atom stereocenters. The van der Waals surface area contributed by atoms with E-state index in [1.54, 1.807) is 57.2 Å². The van der Waals surface area contributed by atoms with Crippen molar-refractivity contribution in [1.82, 2.24) is 4.57 Å². The number of ketones is 1. The number of nitriles is 1. The zero-order valence-corrected chi connectivity index (χ0v) is 22.3. The van der Waals surface area contributed by atoms with E-state index in [2.05, 4.69) is 6.07 Å². The fraction of sp³-hybridized carbons (Fsp3) is 0.310. The minimum absolute atomic E-state index is 0.0807. The summed E-state index contributed by atoms with van der Waals surface area (Å²) >= 11 is 6.11. The summed E-state index contributed by atoms with van der Waals surface area (Å²) in [5, 5.41) is 9.87. The topological polar surface area (TPSA) is 98.4 Å². The maximum atomic E-state index is 13.5. The van der Waals surface area contributed by atoms with Crippen molar-refractivity contribution in [3.05, 3.63) is 86.8 Å². The summed E-state index contributed by atoms with van der Waals surface area (Å²) in [6.07, 6.45) is 1.06. The number of rotatable bonds is 9. The summed E-state index contributed by atoms with van der Waals surface area (Å²) in [4.78, 5) is 38.6. The van der Waals surface area contributed by atoms with Crippen LogP contribution < -0.4 is 10.3 Å². The van der Waals surface area contributed by atoms with Crippen LogP contribution in [0.1, 0.15) is 54.7 Å². The Kier molecular flexibility index (Phi) is 9.08. The Morgan fingerprint density at radius 1 is 1.11 bits per heavy atom. The molecule has 0 fully saturated rings. The molecule has 7 nitrogen and oxygen atoms in total. The number of aromatic nitrogens is 1. The summed E-state index contributed by atoms with van der Waals surface area (Å²) < 4.78 is 25.5. The second-order valence-electron chi connectivity index (χ2n) is 9.64. The summed E-state index contributed by atoms with van der Waals surface area (Å²) in [6, 6.07) is 13.2. The standard InChI is InChI=1S/C29H28ClFN2O5/c1-29(2,3)38-28(36)19-7-5-18(6-8-19)13-25(34)24(11-12-31)33-17-26(37-4)23(15-27(33)35)22-14-21(30)10-9-20(22)16-32/h5-10,14-15,17,24H,11-13H2,1-4H3. The van der Waals surface area contributed by atoms with Crippen molar-refractivity contribution in [3.8, 4) is 22.9 Å². The zero-order valence-electron chi connectivity index (χ0n) is 21.6. The lowest BCUT2D eigenvalue weighted by Gasteiger charge is -2.20. The molecule has 1 unspecified atom stereocenters. The molecule has 0 aliphatic carbocycles. The predicted molar refractivity (Wildman–Crippen MR) is 142 cm³/mol. The van der Waals surface area contributed by atoms with Gasteiger partial charge in [0.15, 0.2) is 5.78 Å². The Labute approximate surface area is 225 Å². The smallest absolute Gasteiger partial charge is 0.338 e. The fourth-order valence-corrected chi connectivity index (χ4v) is 4.13. The van der Waals surface area contributed by atoms with E-state index in [4.69, 9.17) is 21.1 Å². The highest BCUT2D eigenvalue weighted by atomic mass is 35.5. The van der Waals surface area contributed by atoms with Crippen molar-refractivity contribution >= 4 is 23.4 Å². The Balaban J connectivity index is 1.92. The van der Waals surface area contributed by atoms with Crippen molar-refractivity contribution in [3.63, 3.8) is 0 Å². The first-order chi connectivity index (χ1) is 18.0. The number of esters is 1. The number of ether oxygens (including phenoxy) is 2. The van der Waals surface area contributed by atoms with Crippen molar-refractivity contribution in [1.29, 1.82) is 5.26 Å². The molecule has 0 aliphatic heterocycles. The lowest BCUT2D eigenvalue weighted by atomic mass is 9.98. The monoisotopic (exact) mass is 538 g/mol. The maximum Gasteiger partial charge on any atom is 0.338 e. The molecule has 0 amide bonds. The number of nitrogens with zero attached hydrogens (tertiary/aromatic N) is 2. The number of Topliss-reactive ketones (excluding diaryl/α,β-unsaturated/α-hetero) is 1. The van der Waals surface area contributed by atoms with Gasteiger partial charge in [-0.1, -0.05) is 23.7 Å². The van der Waals surface area contributed by atoms with Gasteiger partial charge in [-0.15, -0.1) is 0 Å². The summed E-state index contributed by atoms with van der Waals surface area (Å²) in [5.74, 6) is -0.643. The van der Waals surface area contributed by atoms with Gasteiger partial charge in [0.25, 0.3) is 5.56 Å². The van der Waals surface area contributed by atoms with E-state index in [1.807, 2.05) is 0 Å². The first kappa shape index (κ1) is 28.6. The Morgan fingerprint density at radius 3 is 2.37 bits per heavy atom. The molecule has 0 bridgehead atoms. The molecule has 0 N–H and O–H groups in total. The van der Waals surface area contributed by atoms with Crippen molar-refractivity contribution in [2.75, 3.05) is 13.8 Å². The molecule has 198 valence electrons. The number of hydrogen-bond donors (Lipinski definition) is 0. The molecule has 0 saturated carbocycles. The number of methoxy groups -OCH3 is 1. The van der Waals surface area contributed by atoms with Crippen LogP contribution in [-0.4, -0.2) is 35.7 Å². The zero-order chi connectivity index (χ0) is 28.0. The third-order valence-electron chi connectivity index (χ3n) is 5.71. The molecule has 9 heteroatoms. The van der Waals surface area contributed by atoms with Gasteiger partial charge < -0.3 is 14.0 Å². The molecule has 2 aromatic carbocycles. The number of carbonyl (C=O) groups is 2. The number of hydrogen-bond acceptors (Lipinski definition) is 6. The average molecular weight is 539 g/mol. The third-order valence-corrected chi connectivity index (χ3v) is 5.95. The van der Waals surface area contributed by atoms with Gasteiger partial charge in [0, 0.05) is 35.1 Å². The molecule has 3 rings (SSSR count). The van der Waals surface area contributed by atoms with Crippen LogP contribution in [0, 0.1) is 11.3 Å². The molecular formula is C29H28ClFN2O5. The van der Waals surface area contributed by atoms with Crippen LogP contribution in [-0.2, 0) is 16.0 Å². The van der Waals surface area contributed by atoms with Crippen LogP contribution in [0.2, 0.25) is 5.02 Å². The number of carbonyl (C=O) groups excluding carboxylic acids is 2. The molecule has 0 saturated heterocycles. The largest absolute Gasteiger partial charge is 0.495 e. The molecule has 3 aromatic rings. The third kappa shape index (κ3) is 6.87. The van der Waals surface area contributed by atoms with Gasteiger partial charge in [-0.25, -0.2) is 4.79 Å². The van der Waals surface area contributed by atoms with Crippen molar-refractivity contribution in [2.24, 2.45) is 0 Å². The second kappa shape index (κ2) is 12.1. The lowest BCUT2D eigenvalue weighted by molar-refractivity contribution is -0.122. The van der Waals surface area contributed by atoms with Crippen molar-refractivity contribution in [2.45, 2.75) is 45.3 Å². The van der Waals surface area contributed by atoms with E-state index >= 15 is 0 Å². The van der Waals surface area contributed by atoms with Gasteiger partial charge in [-0.05, 0) is 56.7 Å². The highest BCUT2D eigenvalue weighted by molar-refractivity contribution is 6.31. The molecule has 0 spiro atoms. The highest BCUT2D eigenvalue weighted by Crippen LogP contribution is 2.33. The van der Waals surface area contributed by atoms with Gasteiger partial charge in [0.2, 0.25) is 0 Å². The van der Waals surface area contributed by atoms with Crippen LogP contribution in [0.5, 0.6) is 5.75 Å². The number of alkyl halides is 1. The first-order valence-electron chi connectivity index (χ1n) is 11.9. The van der Waals surface area contributed by atoms with Crippen LogP contribution in [0.3, 0.4) is 0 Å². The normalized spacial score (nSPS) is 11.9. The van der Waals surface area contributed by atoms with E-state index in [0.29, 0.717) is 27.3 Å². The maximum absolute atomic E-state index is 13.5. The Bertz CT molecular complexity index is 1440. The lowest BCUT2D eigenvalue weighted by Crippen LogP contribution is -2.31. The molecular weight excluding hydrogens is 511 g/mol. The SMILES string of the molecule is COc1cn(C(CCF)C(=O)Cc2ccc(C(=O)OC(C)(C)C)cc2)c(=O)cc1-c1cc(Cl)ccc1C#N. The summed E-state index contributed by atoms with van der Waals surface area (Å²) in [7, 11) is 1.39. The predicted octanol–water partition coefficient (Wildman–Crippen LogP) is 5.72. The summed E-state index contributed by atoms with van der Waals surface area (Å²) in [6.45, 7) is 4.48. The fourth-order valence-electron chi connectivity index (χ4n) is 3.96. The number of halogens is 2. The minimum atomic E-state index is -1.09. The van der Waals surface area contributed by atoms with E-state index in [-0.39, 0.29) is 29.9 Å². The molecule has 38 heavy (non-hydrogen) atoms.